The van der Waals surface area contributed by atoms with E-state index in [2.05, 4.69) is 0 Å². The summed E-state index contributed by atoms with van der Waals surface area (Å²) in [6.45, 7) is 7.70. The first-order valence-electron chi connectivity index (χ1n) is 6.05. The highest BCUT2D eigenvalue weighted by molar-refractivity contribution is 7.86. The molecule has 0 aromatic heterocycles. The minimum Gasteiger partial charge on any atom is -0.494 e. The van der Waals surface area contributed by atoms with Crippen LogP contribution in [0.15, 0.2) is 24.3 Å². The maximum Gasteiger partial charge on any atom is 0.267 e. The van der Waals surface area contributed by atoms with E-state index in [-0.39, 0.29) is 13.0 Å². The lowest BCUT2D eigenvalue weighted by Crippen LogP contribution is -2.19. The van der Waals surface area contributed by atoms with Crippen LogP contribution < -0.4 is 4.74 Å². The van der Waals surface area contributed by atoms with Gasteiger partial charge in [0.25, 0.3) is 10.1 Å². The van der Waals surface area contributed by atoms with Crippen LogP contribution >= 0.6 is 0 Å². The molecule has 4 nitrogen and oxygen atoms in total. The highest BCUT2D eigenvalue weighted by Gasteiger charge is 2.16. The molecule has 1 rings (SSSR count). The summed E-state index contributed by atoms with van der Waals surface area (Å²) in [6, 6.07) is 7.49. The van der Waals surface area contributed by atoms with Gasteiger partial charge < -0.3 is 4.74 Å². The molecule has 0 saturated carbocycles. The third-order valence-corrected chi connectivity index (χ3v) is 3.58. The van der Waals surface area contributed by atoms with Crippen LogP contribution in [0.4, 0.5) is 0 Å². The third kappa shape index (κ3) is 6.61. The molecular formula is C13H22O4S. The molecule has 1 aromatic carbocycles. The maximum atomic E-state index is 10.7. The van der Waals surface area contributed by atoms with E-state index in [9.17, 15) is 8.42 Å². The molecule has 0 bridgehead atoms. The van der Waals surface area contributed by atoms with Crippen LogP contribution in [-0.4, -0.2) is 24.8 Å². The van der Waals surface area contributed by atoms with Crippen molar-refractivity contribution in [1.29, 1.82) is 0 Å². The van der Waals surface area contributed by atoms with Gasteiger partial charge in [0, 0.05) is 6.42 Å². The monoisotopic (exact) mass is 274 g/mol. The fourth-order valence-electron chi connectivity index (χ4n) is 1.13. The van der Waals surface area contributed by atoms with Crippen molar-refractivity contribution in [3.05, 3.63) is 29.8 Å². The van der Waals surface area contributed by atoms with Gasteiger partial charge in [0.05, 0.1) is 11.9 Å². The second-order valence-corrected chi connectivity index (χ2v) is 5.61. The number of ether oxygens (including phenoxy) is 1. The van der Waals surface area contributed by atoms with E-state index in [0.29, 0.717) is 5.75 Å². The van der Waals surface area contributed by atoms with E-state index < -0.39 is 15.4 Å². The first-order chi connectivity index (χ1) is 8.39. The topological polar surface area (TPSA) is 63.6 Å². The molecule has 0 heterocycles. The van der Waals surface area contributed by atoms with Gasteiger partial charge in [0.1, 0.15) is 5.75 Å². The molecule has 0 aliphatic heterocycles. The highest BCUT2D eigenvalue weighted by atomic mass is 32.2. The van der Waals surface area contributed by atoms with Crippen LogP contribution in [0.25, 0.3) is 0 Å². The first-order valence-corrected chi connectivity index (χ1v) is 7.55. The Balaban J connectivity index is 0.00000137. The molecule has 0 aliphatic carbocycles. The smallest absolute Gasteiger partial charge is 0.267 e. The lowest BCUT2D eigenvalue weighted by molar-refractivity contribution is 0.306. The number of benzene rings is 1. The van der Waals surface area contributed by atoms with Gasteiger partial charge in [0.2, 0.25) is 0 Å². The average molecular weight is 274 g/mol. The molecule has 0 radical (unpaired) electrons. The molecule has 104 valence electrons. The summed E-state index contributed by atoms with van der Waals surface area (Å²) in [4.78, 5) is 0. The SMILES string of the molecule is CC.Cc1ccc(OCCC(C)S(=O)(=O)O)cc1. The molecule has 5 heteroatoms. The van der Waals surface area contributed by atoms with Crippen molar-refractivity contribution in [2.24, 2.45) is 0 Å². The van der Waals surface area contributed by atoms with Gasteiger partial charge in [-0.2, -0.15) is 8.42 Å². The Kier molecular flexibility index (Phi) is 7.62. The molecule has 0 saturated heterocycles. The normalized spacial score (nSPS) is 12.3. The number of hydrogen-bond donors (Lipinski definition) is 1. The molecule has 1 unspecified atom stereocenters. The quantitative estimate of drug-likeness (QED) is 0.838. The molecule has 0 spiro atoms. The summed E-state index contributed by atoms with van der Waals surface area (Å²) in [5.41, 5.74) is 1.14. The number of hydrogen-bond acceptors (Lipinski definition) is 3. The average Bonchev–Trinajstić information content (AvgIpc) is 2.33. The second-order valence-electron chi connectivity index (χ2n) is 3.78. The summed E-state index contributed by atoms with van der Waals surface area (Å²) < 4.78 is 35.5. The molecule has 1 aromatic rings. The standard InChI is InChI=1S/C11H16O4S.C2H6/c1-9-3-5-11(6-4-9)15-8-7-10(2)16(12,13)14;1-2/h3-6,10H,7-8H2,1-2H3,(H,12,13,14);1-2H3. The van der Waals surface area contributed by atoms with Crippen molar-refractivity contribution in [3.8, 4) is 5.75 Å². The van der Waals surface area contributed by atoms with Gasteiger partial charge in [0.15, 0.2) is 0 Å². The Morgan fingerprint density at radius 1 is 1.22 bits per heavy atom. The van der Waals surface area contributed by atoms with Crippen molar-refractivity contribution in [2.45, 2.75) is 39.4 Å². The summed E-state index contributed by atoms with van der Waals surface area (Å²) in [7, 11) is -3.94. The van der Waals surface area contributed by atoms with Crippen molar-refractivity contribution in [1.82, 2.24) is 0 Å². The van der Waals surface area contributed by atoms with E-state index in [4.69, 9.17) is 9.29 Å². The Hall–Kier alpha value is -1.07. The lowest BCUT2D eigenvalue weighted by atomic mass is 10.2. The van der Waals surface area contributed by atoms with Crippen molar-refractivity contribution >= 4 is 10.1 Å². The van der Waals surface area contributed by atoms with E-state index in [1.165, 1.54) is 6.92 Å². The highest BCUT2D eigenvalue weighted by Crippen LogP contribution is 2.12. The summed E-state index contributed by atoms with van der Waals surface area (Å²) in [5.74, 6) is 0.702. The molecule has 0 aliphatic rings. The molecule has 1 N–H and O–H groups in total. The Morgan fingerprint density at radius 3 is 2.17 bits per heavy atom. The Labute approximate surface area is 110 Å². The molecular weight excluding hydrogens is 252 g/mol. The lowest BCUT2D eigenvalue weighted by Gasteiger charge is -2.09. The minimum absolute atomic E-state index is 0.268. The van der Waals surface area contributed by atoms with Gasteiger partial charge in [-0.1, -0.05) is 31.5 Å². The van der Waals surface area contributed by atoms with Gasteiger partial charge in [-0.05, 0) is 26.0 Å². The zero-order valence-electron chi connectivity index (χ0n) is 11.4. The van der Waals surface area contributed by atoms with Gasteiger partial charge >= 0.3 is 0 Å². The van der Waals surface area contributed by atoms with E-state index in [1.807, 2.05) is 45.0 Å². The fourth-order valence-corrected chi connectivity index (χ4v) is 1.52. The summed E-state index contributed by atoms with van der Waals surface area (Å²) in [5, 5.41) is -0.794. The van der Waals surface area contributed by atoms with E-state index >= 15 is 0 Å². The Bertz CT molecular complexity index is 423. The zero-order valence-corrected chi connectivity index (χ0v) is 12.2. The predicted molar refractivity (Wildman–Crippen MR) is 73.6 cm³/mol. The first kappa shape index (κ1) is 16.9. The zero-order chi connectivity index (χ0) is 14.2. The largest absolute Gasteiger partial charge is 0.494 e. The van der Waals surface area contributed by atoms with Crippen LogP contribution in [0.2, 0.25) is 0 Å². The van der Waals surface area contributed by atoms with E-state index in [1.54, 1.807) is 0 Å². The van der Waals surface area contributed by atoms with E-state index in [0.717, 1.165) is 5.56 Å². The summed E-state index contributed by atoms with van der Waals surface area (Å²) >= 11 is 0. The molecule has 0 amide bonds. The van der Waals surface area contributed by atoms with Crippen LogP contribution in [0.3, 0.4) is 0 Å². The van der Waals surface area contributed by atoms with Gasteiger partial charge in [-0.15, -0.1) is 0 Å². The van der Waals surface area contributed by atoms with Crippen molar-refractivity contribution in [2.75, 3.05) is 6.61 Å². The molecule has 0 fully saturated rings. The number of rotatable bonds is 5. The van der Waals surface area contributed by atoms with Gasteiger partial charge in [-0.3, -0.25) is 4.55 Å². The van der Waals surface area contributed by atoms with Crippen LogP contribution in [0, 0.1) is 6.92 Å². The number of aryl methyl sites for hydroxylation is 1. The van der Waals surface area contributed by atoms with Crippen LogP contribution in [0.1, 0.15) is 32.8 Å². The van der Waals surface area contributed by atoms with Crippen LogP contribution in [-0.2, 0) is 10.1 Å². The van der Waals surface area contributed by atoms with Crippen molar-refractivity contribution < 1.29 is 17.7 Å². The molecule has 1 atom stereocenters. The predicted octanol–water partition coefficient (Wildman–Crippen LogP) is 3.07. The minimum atomic E-state index is -3.94. The third-order valence-electron chi connectivity index (χ3n) is 2.32. The summed E-state index contributed by atoms with van der Waals surface area (Å²) in [6.07, 6.45) is 0.271. The fraction of sp³-hybridized carbons (Fsp3) is 0.538. The molecule has 18 heavy (non-hydrogen) atoms. The maximum absolute atomic E-state index is 10.7. The van der Waals surface area contributed by atoms with Crippen LogP contribution in [0.5, 0.6) is 5.75 Å². The second kappa shape index (κ2) is 8.11. The van der Waals surface area contributed by atoms with Gasteiger partial charge in [-0.25, -0.2) is 0 Å². The Morgan fingerprint density at radius 2 is 1.72 bits per heavy atom. The van der Waals surface area contributed by atoms with Crippen molar-refractivity contribution in [3.63, 3.8) is 0 Å².